The van der Waals surface area contributed by atoms with E-state index >= 15 is 0 Å². The first kappa shape index (κ1) is 17.1. The van der Waals surface area contributed by atoms with Crippen molar-refractivity contribution in [3.05, 3.63) is 58.4 Å². The molecule has 0 aliphatic carbocycles. The lowest BCUT2D eigenvalue weighted by Crippen LogP contribution is -2.28. The average molecular weight is 338 g/mol. The highest BCUT2D eigenvalue weighted by Crippen LogP contribution is 2.21. The number of ether oxygens (including phenoxy) is 2. The molecule has 0 saturated heterocycles. The van der Waals surface area contributed by atoms with Gasteiger partial charge in [0.25, 0.3) is 5.91 Å². The Labute approximate surface area is 139 Å². The largest absolute Gasteiger partial charge is 0.494 e. The van der Waals surface area contributed by atoms with Gasteiger partial charge in [-0.2, -0.15) is 0 Å². The molecular weight excluding hydrogens is 321 g/mol. The smallest absolute Gasteiger partial charge is 0.251 e. The van der Waals surface area contributed by atoms with Crippen molar-refractivity contribution in [3.63, 3.8) is 0 Å². The number of methoxy groups -OCH3 is 1. The molecule has 0 radical (unpaired) electrons. The second-order valence-electron chi connectivity index (χ2n) is 4.86. The highest BCUT2D eigenvalue weighted by molar-refractivity contribution is 6.31. The number of benzene rings is 2. The third-order valence-corrected chi connectivity index (χ3v) is 3.62. The molecule has 0 aliphatic rings. The summed E-state index contributed by atoms with van der Waals surface area (Å²) in [5.41, 5.74) is 1.19. The summed E-state index contributed by atoms with van der Waals surface area (Å²) in [7, 11) is 1.37. The Morgan fingerprint density at radius 1 is 1.26 bits per heavy atom. The number of hydrogen-bond donors (Lipinski definition) is 1. The zero-order valence-electron chi connectivity index (χ0n) is 12.9. The molecule has 1 amide bonds. The van der Waals surface area contributed by atoms with E-state index < -0.39 is 5.82 Å². The third kappa shape index (κ3) is 4.60. The molecule has 0 unspecified atom stereocenters. The van der Waals surface area contributed by atoms with E-state index in [2.05, 4.69) is 5.32 Å². The van der Waals surface area contributed by atoms with E-state index in [1.807, 2.05) is 19.1 Å². The lowest BCUT2D eigenvalue weighted by atomic mass is 10.2. The lowest BCUT2D eigenvalue weighted by Gasteiger charge is -2.09. The number of carbonyl (C=O) groups is 1. The molecule has 4 nitrogen and oxygen atoms in total. The Balaban J connectivity index is 1.82. The fourth-order valence-corrected chi connectivity index (χ4v) is 2.08. The van der Waals surface area contributed by atoms with Crippen LogP contribution in [0.4, 0.5) is 4.39 Å². The molecule has 0 aromatic heterocycles. The van der Waals surface area contributed by atoms with E-state index in [1.165, 1.54) is 19.2 Å². The van der Waals surface area contributed by atoms with Crippen molar-refractivity contribution >= 4 is 17.5 Å². The average Bonchev–Trinajstić information content (AvgIpc) is 2.54. The zero-order valence-corrected chi connectivity index (χ0v) is 13.6. The summed E-state index contributed by atoms with van der Waals surface area (Å²) in [4.78, 5) is 11.9. The molecule has 0 bridgehead atoms. The van der Waals surface area contributed by atoms with Crippen molar-refractivity contribution in [1.29, 1.82) is 0 Å². The maximum atomic E-state index is 13.5. The van der Waals surface area contributed by atoms with Crippen LogP contribution in [0.2, 0.25) is 5.02 Å². The maximum Gasteiger partial charge on any atom is 0.251 e. The molecule has 0 spiro atoms. The van der Waals surface area contributed by atoms with Crippen LogP contribution in [0, 0.1) is 12.7 Å². The van der Waals surface area contributed by atoms with Gasteiger partial charge in [0.15, 0.2) is 11.6 Å². The summed E-state index contributed by atoms with van der Waals surface area (Å²) >= 11 is 6.00. The van der Waals surface area contributed by atoms with Gasteiger partial charge in [-0.3, -0.25) is 4.79 Å². The van der Waals surface area contributed by atoms with E-state index in [0.29, 0.717) is 10.8 Å². The van der Waals surface area contributed by atoms with Gasteiger partial charge >= 0.3 is 0 Å². The Bertz CT molecular complexity index is 706. The summed E-state index contributed by atoms with van der Waals surface area (Å²) in [5.74, 6) is -0.228. The topological polar surface area (TPSA) is 47.6 Å². The van der Waals surface area contributed by atoms with Gasteiger partial charge in [-0.15, -0.1) is 0 Å². The summed E-state index contributed by atoms with van der Waals surface area (Å²) in [6, 6.07) is 9.43. The van der Waals surface area contributed by atoms with E-state index in [0.717, 1.165) is 11.6 Å². The molecule has 0 aliphatic heterocycles. The predicted molar refractivity (Wildman–Crippen MR) is 87.0 cm³/mol. The van der Waals surface area contributed by atoms with Crippen molar-refractivity contribution in [2.45, 2.75) is 6.92 Å². The highest BCUT2D eigenvalue weighted by Gasteiger charge is 2.09. The van der Waals surface area contributed by atoms with Crippen molar-refractivity contribution in [2.75, 3.05) is 20.3 Å². The minimum atomic E-state index is -0.578. The van der Waals surface area contributed by atoms with E-state index in [-0.39, 0.29) is 30.4 Å². The Kier molecular flexibility index (Phi) is 5.82. The number of amides is 1. The van der Waals surface area contributed by atoms with Gasteiger partial charge in [0.2, 0.25) is 0 Å². The van der Waals surface area contributed by atoms with Crippen LogP contribution in [-0.4, -0.2) is 26.2 Å². The van der Waals surface area contributed by atoms with Crippen LogP contribution in [0.3, 0.4) is 0 Å². The van der Waals surface area contributed by atoms with Crippen LogP contribution in [-0.2, 0) is 0 Å². The number of carbonyl (C=O) groups excluding carboxylic acids is 1. The van der Waals surface area contributed by atoms with Gasteiger partial charge in [0.05, 0.1) is 13.7 Å². The molecule has 23 heavy (non-hydrogen) atoms. The standard InChI is InChI=1S/C17H17ClFNO3/c1-11-3-5-13(10-14(11)18)23-8-7-20-17(21)12-4-6-16(22-2)15(19)9-12/h3-6,9-10H,7-8H2,1-2H3,(H,20,21). The van der Waals surface area contributed by atoms with Gasteiger partial charge in [-0.25, -0.2) is 4.39 Å². The fraction of sp³-hybridized carbons (Fsp3) is 0.235. The van der Waals surface area contributed by atoms with Gasteiger partial charge in [-0.1, -0.05) is 17.7 Å². The van der Waals surface area contributed by atoms with Crippen LogP contribution < -0.4 is 14.8 Å². The number of hydrogen-bond acceptors (Lipinski definition) is 3. The second kappa shape index (κ2) is 7.83. The molecule has 1 N–H and O–H groups in total. The van der Waals surface area contributed by atoms with Gasteiger partial charge in [-0.05, 0) is 42.8 Å². The third-order valence-electron chi connectivity index (χ3n) is 3.21. The lowest BCUT2D eigenvalue weighted by molar-refractivity contribution is 0.0946. The Morgan fingerprint density at radius 3 is 2.70 bits per heavy atom. The quantitative estimate of drug-likeness (QED) is 0.819. The van der Waals surface area contributed by atoms with E-state index in [4.69, 9.17) is 21.1 Å². The molecule has 0 fully saturated rings. The summed E-state index contributed by atoms with van der Waals surface area (Å²) in [6.07, 6.45) is 0. The highest BCUT2D eigenvalue weighted by atomic mass is 35.5. The van der Waals surface area contributed by atoms with Crippen LogP contribution >= 0.6 is 11.6 Å². The summed E-state index contributed by atoms with van der Waals surface area (Å²) in [6.45, 7) is 2.47. The number of rotatable bonds is 6. The molecule has 0 saturated carbocycles. The van der Waals surface area contributed by atoms with Gasteiger partial charge < -0.3 is 14.8 Å². The van der Waals surface area contributed by atoms with Crippen LogP contribution in [0.1, 0.15) is 15.9 Å². The minimum absolute atomic E-state index is 0.0983. The maximum absolute atomic E-state index is 13.5. The number of aryl methyl sites for hydroxylation is 1. The van der Waals surface area contributed by atoms with Crippen LogP contribution in [0.25, 0.3) is 0 Å². The molecule has 122 valence electrons. The zero-order chi connectivity index (χ0) is 16.8. The summed E-state index contributed by atoms with van der Waals surface area (Å²) < 4.78 is 23.9. The minimum Gasteiger partial charge on any atom is -0.494 e. The molecule has 2 aromatic carbocycles. The van der Waals surface area contributed by atoms with Crippen LogP contribution in [0.15, 0.2) is 36.4 Å². The monoisotopic (exact) mass is 337 g/mol. The second-order valence-corrected chi connectivity index (χ2v) is 5.27. The normalized spacial score (nSPS) is 10.3. The number of halogens is 2. The van der Waals surface area contributed by atoms with Crippen LogP contribution in [0.5, 0.6) is 11.5 Å². The van der Waals surface area contributed by atoms with Crippen molar-refractivity contribution in [2.24, 2.45) is 0 Å². The van der Waals surface area contributed by atoms with Gasteiger partial charge in [0.1, 0.15) is 12.4 Å². The first-order chi connectivity index (χ1) is 11.0. The number of nitrogens with one attached hydrogen (secondary N) is 1. The summed E-state index contributed by atoms with van der Waals surface area (Å²) in [5, 5.41) is 3.28. The molecule has 0 heterocycles. The SMILES string of the molecule is COc1ccc(C(=O)NCCOc2ccc(C)c(Cl)c2)cc1F. The van der Waals surface area contributed by atoms with Crippen molar-refractivity contribution in [1.82, 2.24) is 5.32 Å². The predicted octanol–water partition coefficient (Wildman–Crippen LogP) is 3.60. The van der Waals surface area contributed by atoms with Crippen molar-refractivity contribution < 1.29 is 18.7 Å². The van der Waals surface area contributed by atoms with Crippen molar-refractivity contribution in [3.8, 4) is 11.5 Å². The Hall–Kier alpha value is -2.27. The molecule has 2 rings (SSSR count). The molecule has 6 heteroatoms. The molecule has 2 aromatic rings. The fourth-order valence-electron chi connectivity index (χ4n) is 1.91. The Morgan fingerprint density at radius 2 is 2.04 bits per heavy atom. The van der Waals surface area contributed by atoms with Gasteiger partial charge in [0, 0.05) is 10.6 Å². The first-order valence-corrected chi connectivity index (χ1v) is 7.39. The molecule has 0 atom stereocenters. The molecular formula is C17H17ClFNO3. The first-order valence-electron chi connectivity index (χ1n) is 7.02. The van der Waals surface area contributed by atoms with E-state index in [1.54, 1.807) is 6.07 Å². The van der Waals surface area contributed by atoms with E-state index in [9.17, 15) is 9.18 Å².